The highest BCUT2D eigenvalue weighted by Crippen LogP contribution is 2.27. The molecule has 2 aromatic carbocycles. The van der Waals surface area contributed by atoms with E-state index in [0.717, 1.165) is 36.1 Å². The second kappa shape index (κ2) is 11.2. The van der Waals surface area contributed by atoms with Crippen molar-refractivity contribution < 1.29 is 14.0 Å². The van der Waals surface area contributed by atoms with Gasteiger partial charge in [-0.2, -0.15) is 0 Å². The van der Waals surface area contributed by atoms with Crippen LogP contribution in [0.5, 0.6) is 0 Å². The van der Waals surface area contributed by atoms with Crippen molar-refractivity contribution in [3.8, 4) is 0 Å². The van der Waals surface area contributed by atoms with Gasteiger partial charge in [0.25, 0.3) is 0 Å². The van der Waals surface area contributed by atoms with E-state index >= 15 is 0 Å². The maximum Gasteiger partial charge on any atom is 0.247 e. The molecule has 33 heavy (non-hydrogen) atoms. The van der Waals surface area contributed by atoms with Crippen molar-refractivity contribution in [3.05, 3.63) is 93.9 Å². The van der Waals surface area contributed by atoms with E-state index in [-0.39, 0.29) is 30.1 Å². The first-order valence-corrected chi connectivity index (χ1v) is 12.4. The number of hydrogen-bond acceptors (Lipinski definition) is 3. The van der Waals surface area contributed by atoms with Crippen molar-refractivity contribution in [1.29, 1.82) is 0 Å². The van der Waals surface area contributed by atoms with Crippen LogP contribution in [0.15, 0.2) is 72.1 Å². The minimum atomic E-state index is -0.833. The van der Waals surface area contributed by atoms with Gasteiger partial charge in [-0.3, -0.25) is 9.59 Å². The Bertz CT molecular complexity index is 1030. The number of nitrogens with zero attached hydrogens (tertiary/aromatic N) is 1. The quantitative estimate of drug-likeness (QED) is 0.468. The van der Waals surface area contributed by atoms with E-state index in [9.17, 15) is 14.0 Å². The zero-order valence-electron chi connectivity index (χ0n) is 18.6. The zero-order chi connectivity index (χ0) is 23.0. The van der Waals surface area contributed by atoms with Crippen molar-refractivity contribution in [2.75, 3.05) is 0 Å². The lowest BCUT2D eigenvalue weighted by Gasteiger charge is -2.33. The second-order valence-corrected chi connectivity index (χ2v) is 9.59. The molecule has 0 saturated heterocycles. The summed E-state index contributed by atoms with van der Waals surface area (Å²) < 4.78 is 13.7. The lowest BCUT2D eigenvalue weighted by atomic mass is 9.94. The predicted octanol–water partition coefficient (Wildman–Crippen LogP) is 5.65. The summed E-state index contributed by atoms with van der Waals surface area (Å²) in [6.45, 7) is 0.297. The zero-order valence-corrected chi connectivity index (χ0v) is 19.4. The standard InChI is InChI=1S/C27H29FN2O2S/c28-22-15-13-21(14-16-22)26(27(32)29-23-10-5-2-6-11-23)30(19-20-8-3-1-4-9-20)25(31)18-24-12-7-17-33-24/h1,3-4,7-9,12-17,23,26H,2,5-6,10-11,18-19H2,(H,29,32)/t26-/m1/s1. The van der Waals surface area contributed by atoms with E-state index in [1.165, 1.54) is 29.9 Å². The van der Waals surface area contributed by atoms with Crippen molar-refractivity contribution in [2.45, 2.75) is 57.2 Å². The number of halogens is 1. The molecule has 1 aromatic heterocycles. The molecule has 1 aliphatic carbocycles. The minimum Gasteiger partial charge on any atom is -0.351 e. The monoisotopic (exact) mass is 464 g/mol. The van der Waals surface area contributed by atoms with E-state index in [0.29, 0.717) is 12.1 Å². The van der Waals surface area contributed by atoms with Crippen molar-refractivity contribution in [2.24, 2.45) is 0 Å². The highest BCUT2D eigenvalue weighted by Gasteiger charge is 2.33. The predicted molar refractivity (Wildman–Crippen MR) is 129 cm³/mol. The molecule has 0 unspecified atom stereocenters. The summed E-state index contributed by atoms with van der Waals surface area (Å²) in [6, 6.07) is 18.7. The topological polar surface area (TPSA) is 49.4 Å². The molecule has 172 valence electrons. The van der Waals surface area contributed by atoms with Gasteiger partial charge < -0.3 is 10.2 Å². The molecule has 1 saturated carbocycles. The number of rotatable bonds is 8. The molecular formula is C27H29FN2O2S. The van der Waals surface area contributed by atoms with E-state index < -0.39 is 6.04 Å². The van der Waals surface area contributed by atoms with Crippen LogP contribution in [0.1, 0.15) is 54.1 Å². The van der Waals surface area contributed by atoms with Crippen LogP contribution in [0.4, 0.5) is 4.39 Å². The molecule has 0 bridgehead atoms. The Morgan fingerprint density at radius 1 is 0.970 bits per heavy atom. The fraction of sp³-hybridized carbons (Fsp3) is 0.333. The highest BCUT2D eigenvalue weighted by atomic mass is 32.1. The van der Waals surface area contributed by atoms with Crippen LogP contribution in [-0.4, -0.2) is 22.8 Å². The Hall–Kier alpha value is -2.99. The maximum atomic E-state index is 13.7. The summed E-state index contributed by atoms with van der Waals surface area (Å²) in [4.78, 5) is 29.8. The van der Waals surface area contributed by atoms with Crippen molar-refractivity contribution >= 4 is 23.2 Å². The molecule has 1 atom stereocenters. The molecule has 1 fully saturated rings. The van der Waals surface area contributed by atoms with Crippen molar-refractivity contribution in [3.63, 3.8) is 0 Å². The molecule has 4 rings (SSSR count). The van der Waals surface area contributed by atoms with Gasteiger partial charge in [0, 0.05) is 17.5 Å². The fourth-order valence-electron chi connectivity index (χ4n) is 4.41. The molecule has 0 aliphatic heterocycles. The molecule has 0 spiro atoms. The van der Waals surface area contributed by atoms with Crippen LogP contribution in [0, 0.1) is 5.82 Å². The van der Waals surface area contributed by atoms with Crippen LogP contribution in [-0.2, 0) is 22.6 Å². The number of hydrogen-bond donors (Lipinski definition) is 1. The smallest absolute Gasteiger partial charge is 0.247 e. The van der Waals surface area contributed by atoms with Gasteiger partial charge in [-0.1, -0.05) is 67.8 Å². The second-order valence-electron chi connectivity index (χ2n) is 8.56. The third-order valence-electron chi connectivity index (χ3n) is 6.12. The Morgan fingerprint density at radius 2 is 1.70 bits per heavy atom. The number of carbonyl (C=O) groups excluding carboxylic acids is 2. The van der Waals surface area contributed by atoms with Gasteiger partial charge in [0.15, 0.2) is 0 Å². The Kier molecular flexibility index (Phi) is 7.89. The SMILES string of the molecule is O=C(NC1CCCCC1)[C@@H](c1ccc(F)cc1)N(Cc1ccccc1)C(=O)Cc1cccs1. The first-order chi connectivity index (χ1) is 16.1. The summed E-state index contributed by atoms with van der Waals surface area (Å²) in [6.07, 6.45) is 5.49. The third kappa shape index (κ3) is 6.29. The van der Waals surface area contributed by atoms with E-state index in [2.05, 4.69) is 5.32 Å². The fourth-order valence-corrected chi connectivity index (χ4v) is 5.11. The van der Waals surface area contributed by atoms with Crippen LogP contribution in [0.2, 0.25) is 0 Å². The third-order valence-corrected chi connectivity index (χ3v) is 7.00. The van der Waals surface area contributed by atoms with Gasteiger partial charge in [-0.05, 0) is 47.5 Å². The number of amides is 2. The van der Waals surface area contributed by atoms with Crippen LogP contribution in [0.25, 0.3) is 0 Å². The average Bonchev–Trinajstić information content (AvgIpc) is 3.34. The number of thiophene rings is 1. The molecule has 2 amide bonds. The molecule has 1 N–H and O–H groups in total. The highest BCUT2D eigenvalue weighted by molar-refractivity contribution is 7.10. The Balaban J connectivity index is 1.67. The molecule has 1 aliphatic rings. The first-order valence-electron chi connectivity index (χ1n) is 11.5. The molecule has 4 nitrogen and oxygen atoms in total. The summed E-state index contributed by atoms with van der Waals surface area (Å²) in [5.74, 6) is -0.705. The van der Waals surface area contributed by atoms with Gasteiger partial charge in [-0.25, -0.2) is 4.39 Å². The van der Waals surface area contributed by atoms with E-state index in [4.69, 9.17) is 0 Å². The molecule has 3 aromatic rings. The summed E-state index contributed by atoms with van der Waals surface area (Å²) in [5, 5.41) is 5.13. The van der Waals surface area contributed by atoms with Crippen LogP contribution in [0.3, 0.4) is 0 Å². The van der Waals surface area contributed by atoms with Crippen LogP contribution >= 0.6 is 11.3 Å². The van der Waals surface area contributed by atoms with E-state index in [1.807, 2.05) is 47.8 Å². The van der Waals surface area contributed by atoms with Gasteiger partial charge in [-0.15, -0.1) is 11.3 Å². The lowest BCUT2D eigenvalue weighted by Crippen LogP contribution is -2.47. The summed E-state index contributed by atoms with van der Waals surface area (Å²) >= 11 is 1.52. The summed E-state index contributed by atoms with van der Waals surface area (Å²) in [7, 11) is 0. The first kappa shape index (κ1) is 23.2. The molecule has 0 radical (unpaired) electrons. The van der Waals surface area contributed by atoms with E-state index in [1.54, 1.807) is 17.0 Å². The number of nitrogens with one attached hydrogen (secondary N) is 1. The molecule has 6 heteroatoms. The van der Waals surface area contributed by atoms with Gasteiger partial charge in [0.1, 0.15) is 11.9 Å². The largest absolute Gasteiger partial charge is 0.351 e. The lowest BCUT2D eigenvalue weighted by molar-refractivity contribution is -0.141. The number of carbonyl (C=O) groups is 2. The van der Waals surface area contributed by atoms with Gasteiger partial charge in [0.05, 0.1) is 6.42 Å². The Morgan fingerprint density at radius 3 is 2.36 bits per heavy atom. The van der Waals surface area contributed by atoms with Gasteiger partial charge in [0.2, 0.25) is 11.8 Å². The molecular weight excluding hydrogens is 435 g/mol. The average molecular weight is 465 g/mol. The normalized spacial score (nSPS) is 15.1. The van der Waals surface area contributed by atoms with Crippen molar-refractivity contribution in [1.82, 2.24) is 10.2 Å². The minimum absolute atomic E-state index is 0.111. The molecule has 1 heterocycles. The van der Waals surface area contributed by atoms with Crippen LogP contribution < -0.4 is 5.32 Å². The Labute approximate surface area is 198 Å². The summed E-state index contributed by atoms with van der Waals surface area (Å²) in [5.41, 5.74) is 1.55. The van der Waals surface area contributed by atoms with Gasteiger partial charge >= 0.3 is 0 Å². The maximum absolute atomic E-state index is 13.7. The number of benzene rings is 2.